The molecule has 1 aromatic heterocycles. The SMILES string of the molecule is COc1cc(N2CCC(N3CCN(C)CC3)CC2)c(C)cc1Nc1ncc(F)c(Nc2cc3c(cc2N(C)S(C)(=O)=O)CCO3)n1. The monoisotopic (exact) mass is 654 g/mol. The van der Waals surface area contributed by atoms with Crippen molar-refractivity contribution in [2.24, 2.45) is 0 Å². The average Bonchev–Trinajstić information content (AvgIpc) is 3.50. The number of anilines is 6. The minimum atomic E-state index is -3.59. The van der Waals surface area contributed by atoms with Crippen LogP contribution in [-0.4, -0.2) is 108 Å². The Morgan fingerprint density at radius 3 is 2.48 bits per heavy atom. The quantitative estimate of drug-likeness (QED) is 0.349. The summed E-state index contributed by atoms with van der Waals surface area (Å²) in [6.45, 7) is 9.06. The van der Waals surface area contributed by atoms with Gasteiger partial charge in [0.2, 0.25) is 16.0 Å². The van der Waals surface area contributed by atoms with Crippen molar-refractivity contribution < 1.29 is 22.3 Å². The largest absolute Gasteiger partial charge is 0.494 e. The van der Waals surface area contributed by atoms with E-state index >= 15 is 4.39 Å². The van der Waals surface area contributed by atoms with E-state index in [9.17, 15) is 8.42 Å². The van der Waals surface area contributed by atoms with Gasteiger partial charge in [-0.3, -0.25) is 9.21 Å². The maximum Gasteiger partial charge on any atom is 0.232 e. The number of piperidine rings is 1. The van der Waals surface area contributed by atoms with Crippen LogP contribution < -0.4 is 29.3 Å². The van der Waals surface area contributed by atoms with Gasteiger partial charge in [-0.05, 0) is 50.1 Å². The smallest absolute Gasteiger partial charge is 0.232 e. The van der Waals surface area contributed by atoms with E-state index < -0.39 is 15.8 Å². The number of nitrogens with one attached hydrogen (secondary N) is 2. The third kappa shape index (κ3) is 6.79. The fourth-order valence-electron chi connectivity index (χ4n) is 6.46. The zero-order valence-corrected chi connectivity index (χ0v) is 28.0. The summed E-state index contributed by atoms with van der Waals surface area (Å²) >= 11 is 0. The van der Waals surface area contributed by atoms with Crippen LogP contribution in [0.15, 0.2) is 30.5 Å². The highest BCUT2D eigenvalue weighted by atomic mass is 32.2. The molecule has 2 fully saturated rings. The van der Waals surface area contributed by atoms with E-state index in [4.69, 9.17) is 9.47 Å². The summed E-state index contributed by atoms with van der Waals surface area (Å²) in [7, 11) is 1.67. The molecule has 6 rings (SSSR count). The van der Waals surface area contributed by atoms with E-state index in [0.29, 0.717) is 47.6 Å². The van der Waals surface area contributed by atoms with Gasteiger partial charge in [0.1, 0.15) is 11.5 Å². The Kier molecular flexibility index (Phi) is 9.12. The molecule has 2 N–H and O–H groups in total. The van der Waals surface area contributed by atoms with Crippen molar-refractivity contribution in [1.82, 2.24) is 19.8 Å². The lowest BCUT2D eigenvalue weighted by atomic mass is 10.0. The van der Waals surface area contributed by atoms with Gasteiger partial charge in [0, 0.05) is 76.6 Å². The van der Waals surface area contributed by atoms with E-state index in [2.05, 4.69) is 49.3 Å². The van der Waals surface area contributed by atoms with Gasteiger partial charge in [-0.1, -0.05) is 0 Å². The summed E-state index contributed by atoms with van der Waals surface area (Å²) in [5, 5.41) is 6.17. The van der Waals surface area contributed by atoms with Gasteiger partial charge >= 0.3 is 0 Å². The van der Waals surface area contributed by atoms with Crippen molar-refractivity contribution in [3.63, 3.8) is 0 Å². The molecule has 2 saturated heterocycles. The minimum absolute atomic E-state index is 0.117. The zero-order valence-electron chi connectivity index (χ0n) is 27.1. The predicted molar refractivity (Wildman–Crippen MR) is 179 cm³/mol. The second-order valence-electron chi connectivity index (χ2n) is 12.3. The zero-order chi connectivity index (χ0) is 32.6. The number of aromatic nitrogens is 2. The summed E-state index contributed by atoms with van der Waals surface area (Å²) in [5.41, 5.74) is 4.44. The van der Waals surface area contributed by atoms with Gasteiger partial charge in [-0.15, -0.1) is 0 Å². The van der Waals surface area contributed by atoms with Crippen LogP contribution in [0.25, 0.3) is 0 Å². The summed E-state index contributed by atoms with van der Waals surface area (Å²) in [6.07, 6.45) is 5.10. The van der Waals surface area contributed by atoms with Crippen LogP contribution >= 0.6 is 0 Å². The molecule has 0 radical (unpaired) electrons. The van der Waals surface area contributed by atoms with Crippen molar-refractivity contribution in [3.8, 4) is 11.5 Å². The van der Waals surface area contributed by atoms with Crippen LogP contribution in [0.3, 0.4) is 0 Å². The van der Waals surface area contributed by atoms with Crippen LogP contribution in [0, 0.1) is 12.7 Å². The Bertz CT molecular complexity index is 1690. The molecule has 2 aromatic carbocycles. The maximum atomic E-state index is 15.1. The van der Waals surface area contributed by atoms with Crippen LogP contribution in [0.1, 0.15) is 24.0 Å². The van der Waals surface area contributed by atoms with Gasteiger partial charge in [-0.25, -0.2) is 17.8 Å². The molecule has 46 heavy (non-hydrogen) atoms. The van der Waals surface area contributed by atoms with Crippen molar-refractivity contribution in [2.45, 2.75) is 32.2 Å². The standard InChI is InChI=1S/C32H43FN8O4S/c1-21-16-26(30(44-4)19-27(21)41-9-6-23(7-10-41)40-13-11-38(2)12-14-40)36-32-34-20-24(33)31(37-32)35-25-18-29-22(8-15-45-29)17-28(25)39(3)46(5,42)43/h16-20,23H,6-15H2,1-5H3,(H2,34,35,36,37). The summed E-state index contributed by atoms with van der Waals surface area (Å²) < 4.78 is 52.5. The molecule has 3 aliphatic heterocycles. The number of likely N-dealkylation sites (N-methyl/N-ethyl adjacent to an activating group) is 1. The van der Waals surface area contributed by atoms with E-state index in [-0.39, 0.29) is 11.8 Å². The number of nitrogens with zero attached hydrogens (tertiary/aromatic N) is 6. The molecule has 0 amide bonds. The van der Waals surface area contributed by atoms with Crippen molar-refractivity contribution in [1.29, 1.82) is 0 Å². The highest BCUT2D eigenvalue weighted by Crippen LogP contribution is 2.39. The normalized spacial score (nSPS) is 17.8. The number of sulfonamides is 1. The Morgan fingerprint density at radius 2 is 1.78 bits per heavy atom. The van der Waals surface area contributed by atoms with Gasteiger partial charge in [0.15, 0.2) is 11.6 Å². The van der Waals surface area contributed by atoms with Gasteiger partial charge in [0.05, 0.1) is 43.2 Å². The van der Waals surface area contributed by atoms with Crippen molar-refractivity contribution in [3.05, 3.63) is 47.4 Å². The van der Waals surface area contributed by atoms with Crippen LogP contribution in [-0.2, 0) is 16.4 Å². The Balaban J connectivity index is 1.20. The van der Waals surface area contributed by atoms with E-state index in [0.717, 1.165) is 85.7 Å². The highest BCUT2D eigenvalue weighted by Gasteiger charge is 2.28. The number of rotatable bonds is 9. The number of hydrogen-bond acceptors (Lipinski definition) is 11. The fraction of sp³-hybridized carbons (Fsp3) is 0.500. The number of ether oxygens (including phenoxy) is 2. The first kappa shape index (κ1) is 32.1. The minimum Gasteiger partial charge on any atom is -0.494 e. The molecule has 0 atom stereocenters. The molecule has 0 bridgehead atoms. The Hall–Kier alpha value is -3.88. The van der Waals surface area contributed by atoms with Crippen LogP contribution in [0.2, 0.25) is 0 Å². The lowest BCUT2D eigenvalue weighted by molar-refractivity contribution is 0.0982. The molecule has 248 valence electrons. The third-order valence-corrected chi connectivity index (χ3v) is 10.5. The molecular formula is C32H43FN8O4S. The Morgan fingerprint density at radius 1 is 1.04 bits per heavy atom. The highest BCUT2D eigenvalue weighted by molar-refractivity contribution is 7.92. The number of methoxy groups -OCH3 is 1. The van der Waals surface area contributed by atoms with Crippen molar-refractivity contribution >= 4 is 44.5 Å². The van der Waals surface area contributed by atoms with E-state index in [1.807, 2.05) is 12.1 Å². The van der Waals surface area contributed by atoms with Gasteiger partial charge in [-0.2, -0.15) is 4.98 Å². The van der Waals surface area contributed by atoms with Crippen LogP contribution in [0.4, 0.5) is 38.9 Å². The lowest BCUT2D eigenvalue weighted by Gasteiger charge is -2.43. The molecule has 0 saturated carbocycles. The number of halogens is 1. The molecule has 3 aromatic rings. The molecule has 0 spiro atoms. The molecule has 3 aliphatic rings. The second-order valence-corrected chi connectivity index (χ2v) is 14.4. The van der Waals surface area contributed by atoms with Gasteiger partial charge in [0.25, 0.3) is 0 Å². The number of hydrogen-bond donors (Lipinski definition) is 2. The van der Waals surface area contributed by atoms with E-state index in [1.165, 1.54) is 7.05 Å². The number of aryl methyl sites for hydroxylation is 1. The number of benzene rings is 2. The predicted octanol–water partition coefficient (Wildman–Crippen LogP) is 3.97. The van der Waals surface area contributed by atoms with E-state index in [1.54, 1.807) is 19.2 Å². The molecule has 0 aliphatic carbocycles. The average molecular weight is 655 g/mol. The summed E-state index contributed by atoms with van der Waals surface area (Å²) in [6, 6.07) is 8.08. The summed E-state index contributed by atoms with van der Waals surface area (Å²) in [5.74, 6) is 0.576. The number of fused-ring (bicyclic) bond motifs is 1. The van der Waals surface area contributed by atoms with Crippen molar-refractivity contribution in [2.75, 3.05) is 93.2 Å². The fourth-order valence-corrected chi connectivity index (χ4v) is 6.97. The summed E-state index contributed by atoms with van der Waals surface area (Å²) in [4.78, 5) is 16.0. The molecular weight excluding hydrogens is 611 g/mol. The van der Waals surface area contributed by atoms with Gasteiger partial charge < -0.3 is 29.9 Å². The first-order chi connectivity index (χ1) is 22.0. The maximum absolute atomic E-state index is 15.1. The molecule has 12 nitrogen and oxygen atoms in total. The topological polar surface area (TPSA) is 115 Å². The third-order valence-electron chi connectivity index (χ3n) is 9.27. The van der Waals surface area contributed by atoms with Crippen LogP contribution in [0.5, 0.6) is 11.5 Å². The Labute approximate surface area is 270 Å². The second kappa shape index (κ2) is 13.1. The first-order valence-corrected chi connectivity index (χ1v) is 17.5. The lowest BCUT2D eigenvalue weighted by Crippen LogP contribution is -2.52. The first-order valence-electron chi connectivity index (χ1n) is 15.7. The molecule has 14 heteroatoms. The molecule has 4 heterocycles. The number of piperazine rings is 1. The molecule has 0 unspecified atom stereocenters.